The van der Waals surface area contributed by atoms with E-state index < -0.39 is 12.1 Å². The summed E-state index contributed by atoms with van der Waals surface area (Å²) >= 11 is 0. The molecule has 2 aromatic rings. The number of amides is 1. The zero-order valence-corrected chi connectivity index (χ0v) is 13.7. The van der Waals surface area contributed by atoms with Gasteiger partial charge in [-0.05, 0) is 37.7 Å². The quantitative estimate of drug-likeness (QED) is 0.899. The largest absolute Gasteiger partial charge is 0.479 e. The van der Waals surface area contributed by atoms with Crippen LogP contribution in [0.3, 0.4) is 0 Å². The summed E-state index contributed by atoms with van der Waals surface area (Å²) in [5.41, 5.74) is 0.403. The summed E-state index contributed by atoms with van der Waals surface area (Å²) in [7, 11) is 0. The average molecular weight is 344 g/mol. The van der Waals surface area contributed by atoms with E-state index in [0.29, 0.717) is 36.9 Å². The molecule has 0 radical (unpaired) electrons. The van der Waals surface area contributed by atoms with Crippen LogP contribution in [0.25, 0.3) is 5.78 Å². The zero-order valence-electron chi connectivity index (χ0n) is 13.7. The van der Waals surface area contributed by atoms with E-state index in [9.17, 15) is 9.59 Å². The average Bonchev–Trinajstić information content (AvgIpc) is 3.28. The first kappa shape index (κ1) is 16.0. The van der Waals surface area contributed by atoms with Crippen LogP contribution in [-0.2, 0) is 9.53 Å². The first-order chi connectivity index (χ1) is 12.1. The predicted molar refractivity (Wildman–Crippen MR) is 87.1 cm³/mol. The molecule has 2 aromatic heterocycles. The number of aromatic nitrogens is 3. The molecule has 2 aliphatic heterocycles. The number of nitrogens with zero attached hydrogens (tertiary/aromatic N) is 4. The van der Waals surface area contributed by atoms with Crippen LogP contribution in [0.2, 0.25) is 0 Å². The Morgan fingerprint density at radius 1 is 1.20 bits per heavy atom. The van der Waals surface area contributed by atoms with Crippen LogP contribution in [0.15, 0.2) is 24.7 Å². The minimum Gasteiger partial charge on any atom is -0.479 e. The minimum absolute atomic E-state index is 0.00209. The van der Waals surface area contributed by atoms with Gasteiger partial charge in [-0.2, -0.15) is 0 Å². The number of carbonyl (C=O) groups excluding carboxylic acids is 1. The lowest BCUT2D eigenvalue weighted by molar-refractivity contribution is -0.150. The summed E-state index contributed by atoms with van der Waals surface area (Å²) < 4.78 is 7.39. The second kappa shape index (κ2) is 6.44. The van der Waals surface area contributed by atoms with E-state index >= 15 is 0 Å². The number of ether oxygens (including phenoxy) is 1. The monoisotopic (exact) mass is 344 g/mol. The van der Waals surface area contributed by atoms with Gasteiger partial charge in [0.1, 0.15) is 5.69 Å². The number of likely N-dealkylation sites (tertiary alicyclic amines) is 1. The highest BCUT2D eigenvalue weighted by molar-refractivity contribution is 5.92. The van der Waals surface area contributed by atoms with Crippen LogP contribution >= 0.6 is 0 Å². The lowest BCUT2D eigenvalue weighted by Gasteiger charge is -2.34. The second-order valence-corrected chi connectivity index (χ2v) is 6.66. The van der Waals surface area contributed by atoms with Gasteiger partial charge < -0.3 is 14.7 Å². The minimum atomic E-state index is -0.879. The van der Waals surface area contributed by atoms with Crippen molar-refractivity contribution in [3.8, 4) is 0 Å². The number of rotatable bonds is 3. The maximum absolute atomic E-state index is 12.7. The summed E-state index contributed by atoms with van der Waals surface area (Å²) in [5.74, 6) is -0.133. The fourth-order valence-corrected chi connectivity index (χ4v) is 3.76. The molecular weight excluding hydrogens is 324 g/mol. The Kier molecular flexibility index (Phi) is 4.12. The van der Waals surface area contributed by atoms with Gasteiger partial charge in [0.05, 0.1) is 6.10 Å². The predicted octanol–water partition coefficient (Wildman–Crippen LogP) is 1.21. The van der Waals surface area contributed by atoms with Gasteiger partial charge in [0.15, 0.2) is 6.10 Å². The number of hydrogen-bond acceptors (Lipinski definition) is 5. The fourth-order valence-electron chi connectivity index (χ4n) is 3.76. The topological polar surface area (TPSA) is 97.0 Å². The highest BCUT2D eigenvalue weighted by atomic mass is 16.5. The van der Waals surface area contributed by atoms with E-state index in [2.05, 4.69) is 9.97 Å². The third-order valence-electron chi connectivity index (χ3n) is 5.14. The van der Waals surface area contributed by atoms with Gasteiger partial charge in [0, 0.05) is 31.7 Å². The molecule has 132 valence electrons. The Hall–Kier alpha value is -2.48. The van der Waals surface area contributed by atoms with E-state index in [0.717, 1.165) is 19.3 Å². The molecule has 0 unspecified atom stereocenters. The molecule has 1 amide bonds. The van der Waals surface area contributed by atoms with Crippen LogP contribution in [-0.4, -0.2) is 61.5 Å². The van der Waals surface area contributed by atoms with Gasteiger partial charge in [0.25, 0.3) is 5.91 Å². The summed E-state index contributed by atoms with van der Waals surface area (Å²) in [5, 5.41) is 9.04. The molecule has 8 heteroatoms. The lowest BCUT2D eigenvalue weighted by atomic mass is 9.89. The van der Waals surface area contributed by atoms with Gasteiger partial charge in [-0.1, -0.05) is 0 Å². The molecule has 1 N–H and O–H groups in total. The number of carbonyl (C=O) groups is 2. The first-order valence-corrected chi connectivity index (χ1v) is 8.59. The molecule has 2 atom stereocenters. The maximum Gasteiger partial charge on any atom is 0.332 e. The molecule has 0 spiro atoms. The van der Waals surface area contributed by atoms with Gasteiger partial charge in [-0.3, -0.25) is 9.20 Å². The van der Waals surface area contributed by atoms with Crippen molar-refractivity contribution in [3.05, 3.63) is 30.4 Å². The van der Waals surface area contributed by atoms with Crippen molar-refractivity contribution in [1.29, 1.82) is 0 Å². The van der Waals surface area contributed by atoms with Crippen molar-refractivity contribution in [2.75, 3.05) is 13.1 Å². The molecule has 0 saturated carbocycles. The number of hydrogen-bond donors (Lipinski definition) is 1. The molecule has 2 fully saturated rings. The maximum atomic E-state index is 12.7. The highest BCUT2D eigenvalue weighted by Crippen LogP contribution is 2.32. The molecule has 25 heavy (non-hydrogen) atoms. The fraction of sp³-hybridized carbons (Fsp3) is 0.529. The van der Waals surface area contributed by atoms with Crippen molar-refractivity contribution >= 4 is 17.7 Å². The summed E-state index contributed by atoms with van der Waals surface area (Å²) in [6, 6.07) is 1.79. The zero-order chi connectivity index (χ0) is 17.4. The van der Waals surface area contributed by atoms with E-state index in [-0.39, 0.29) is 12.0 Å². The van der Waals surface area contributed by atoms with Crippen molar-refractivity contribution < 1.29 is 19.4 Å². The number of imidazole rings is 1. The van der Waals surface area contributed by atoms with Crippen molar-refractivity contribution in [1.82, 2.24) is 19.3 Å². The Balaban J connectivity index is 1.37. The van der Waals surface area contributed by atoms with Gasteiger partial charge >= 0.3 is 5.97 Å². The number of carboxylic acids is 1. The molecule has 0 aromatic carbocycles. The number of piperidine rings is 1. The molecule has 0 bridgehead atoms. The molecule has 8 nitrogen and oxygen atoms in total. The van der Waals surface area contributed by atoms with Crippen molar-refractivity contribution in [2.45, 2.75) is 37.9 Å². The Morgan fingerprint density at radius 2 is 2.00 bits per heavy atom. The summed E-state index contributed by atoms with van der Waals surface area (Å²) in [6.07, 6.45) is 7.51. The van der Waals surface area contributed by atoms with E-state index in [4.69, 9.17) is 9.84 Å². The van der Waals surface area contributed by atoms with Crippen LogP contribution in [0.5, 0.6) is 0 Å². The molecule has 0 aliphatic carbocycles. The third kappa shape index (κ3) is 3.09. The SMILES string of the molecule is O=C(O)[C@H]1CC[C@@H](C2CCN(C(=O)c3cn4cccnc4n3)CC2)O1. The summed E-state index contributed by atoms with van der Waals surface area (Å²) in [4.78, 5) is 33.9. The molecule has 2 saturated heterocycles. The molecule has 4 heterocycles. The first-order valence-electron chi connectivity index (χ1n) is 8.59. The summed E-state index contributed by atoms with van der Waals surface area (Å²) in [6.45, 7) is 1.28. The normalized spacial score (nSPS) is 24.7. The second-order valence-electron chi connectivity index (χ2n) is 6.66. The smallest absolute Gasteiger partial charge is 0.332 e. The Labute approximate surface area is 144 Å². The van der Waals surface area contributed by atoms with E-state index in [1.54, 1.807) is 22.9 Å². The Morgan fingerprint density at radius 3 is 2.68 bits per heavy atom. The van der Waals surface area contributed by atoms with E-state index in [1.807, 2.05) is 11.1 Å². The van der Waals surface area contributed by atoms with Crippen LogP contribution in [0.1, 0.15) is 36.2 Å². The van der Waals surface area contributed by atoms with Crippen LogP contribution in [0.4, 0.5) is 0 Å². The van der Waals surface area contributed by atoms with Crippen LogP contribution < -0.4 is 0 Å². The van der Waals surface area contributed by atoms with Gasteiger partial charge in [0.2, 0.25) is 5.78 Å². The standard InChI is InChI=1S/C17H20N4O4/c22-15(12-10-21-7-1-6-18-17(21)19-12)20-8-4-11(5-9-20)13-2-3-14(25-13)16(23)24/h1,6-7,10-11,13-14H,2-5,8-9H2,(H,23,24)/t13-,14+/m0/s1. The van der Waals surface area contributed by atoms with Gasteiger partial charge in [-0.25, -0.2) is 14.8 Å². The lowest BCUT2D eigenvalue weighted by Crippen LogP contribution is -2.41. The number of aliphatic carboxylic acids is 1. The molecular formula is C17H20N4O4. The number of fused-ring (bicyclic) bond motifs is 1. The number of carboxylic acid groups (broad SMARTS) is 1. The van der Waals surface area contributed by atoms with Crippen LogP contribution in [0, 0.1) is 5.92 Å². The van der Waals surface area contributed by atoms with Gasteiger partial charge in [-0.15, -0.1) is 0 Å². The Bertz CT molecular complexity index is 764. The van der Waals surface area contributed by atoms with Crippen molar-refractivity contribution in [3.63, 3.8) is 0 Å². The molecule has 2 aliphatic rings. The highest BCUT2D eigenvalue weighted by Gasteiger charge is 2.37. The third-order valence-corrected chi connectivity index (χ3v) is 5.14. The van der Waals surface area contributed by atoms with E-state index in [1.165, 1.54) is 0 Å². The van der Waals surface area contributed by atoms with Crippen molar-refractivity contribution in [2.24, 2.45) is 5.92 Å². The molecule has 4 rings (SSSR count).